The summed E-state index contributed by atoms with van der Waals surface area (Å²) in [5.41, 5.74) is 2.50. The van der Waals surface area contributed by atoms with E-state index in [-0.39, 0.29) is 24.8 Å². The fourth-order valence-electron chi connectivity index (χ4n) is 2.48. The van der Waals surface area contributed by atoms with Gasteiger partial charge in [-0.15, -0.1) is 6.42 Å². The number of thiazole rings is 1. The van der Waals surface area contributed by atoms with Gasteiger partial charge in [0.15, 0.2) is 4.80 Å². The van der Waals surface area contributed by atoms with Crippen molar-refractivity contribution >= 4 is 27.5 Å². The van der Waals surface area contributed by atoms with Gasteiger partial charge in [-0.3, -0.25) is 9.48 Å². The van der Waals surface area contributed by atoms with E-state index in [1.54, 1.807) is 15.3 Å². The van der Waals surface area contributed by atoms with Crippen molar-refractivity contribution in [2.45, 2.75) is 26.9 Å². The molecule has 2 aromatic heterocycles. The van der Waals surface area contributed by atoms with Gasteiger partial charge < -0.3 is 4.57 Å². The highest BCUT2D eigenvalue weighted by molar-refractivity contribution is 7.16. The summed E-state index contributed by atoms with van der Waals surface area (Å²) >= 11 is 1.24. The number of hydrogen-bond donors (Lipinski definition) is 0. The molecule has 0 aliphatic rings. The summed E-state index contributed by atoms with van der Waals surface area (Å²) in [7, 11) is 0. The van der Waals surface area contributed by atoms with E-state index in [2.05, 4.69) is 16.0 Å². The summed E-state index contributed by atoms with van der Waals surface area (Å²) in [5, 5.41) is 4.26. The van der Waals surface area contributed by atoms with Gasteiger partial charge in [0.2, 0.25) is 0 Å². The third-order valence-corrected chi connectivity index (χ3v) is 4.54. The first kappa shape index (κ1) is 16.1. The van der Waals surface area contributed by atoms with Crippen LogP contribution in [0.4, 0.5) is 4.39 Å². The molecule has 0 N–H and O–H groups in total. The second kappa shape index (κ2) is 6.42. The third-order valence-electron chi connectivity index (χ3n) is 3.50. The van der Waals surface area contributed by atoms with Crippen LogP contribution >= 0.6 is 11.3 Å². The van der Waals surface area contributed by atoms with Crippen molar-refractivity contribution < 1.29 is 9.18 Å². The van der Waals surface area contributed by atoms with Crippen molar-refractivity contribution in [2.24, 2.45) is 4.99 Å². The van der Waals surface area contributed by atoms with E-state index < -0.39 is 0 Å². The maximum atomic E-state index is 13.4. The first-order valence-electron chi connectivity index (χ1n) is 7.29. The highest BCUT2D eigenvalue weighted by atomic mass is 32.1. The van der Waals surface area contributed by atoms with Crippen molar-refractivity contribution in [1.82, 2.24) is 14.3 Å². The first-order chi connectivity index (χ1) is 11.5. The van der Waals surface area contributed by atoms with Gasteiger partial charge >= 0.3 is 0 Å². The highest BCUT2D eigenvalue weighted by Crippen LogP contribution is 2.18. The van der Waals surface area contributed by atoms with Crippen molar-refractivity contribution in [1.29, 1.82) is 0 Å². The molecule has 3 rings (SSSR count). The average molecular weight is 342 g/mol. The van der Waals surface area contributed by atoms with E-state index in [4.69, 9.17) is 6.42 Å². The van der Waals surface area contributed by atoms with Gasteiger partial charge in [0.25, 0.3) is 5.91 Å². The monoisotopic (exact) mass is 342 g/mol. The number of nitrogens with zero attached hydrogens (tertiary/aromatic N) is 4. The Morgan fingerprint density at radius 3 is 2.88 bits per heavy atom. The topological polar surface area (TPSA) is 52.2 Å². The molecule has 0 bridgehead atoms. The molecule has 1 amide bonds. The van der Waals surface area contributed by atoms with E-state index in [1.807, 2.05) is 19.9 Å². The lowest BCUT2D eigenvalue weighted by atomic mass is 10.3. The Labute approximate surface area is 142 Å². The highest BCUT2D eigenvalue weighted by Gasteiger charge is 2.10. The molecule has 0 saturated heterocycles. The Hall–Kier alpha value is -2.72. The van der Waals surface area contributed by atoms with E-state index >= 15 is 0 Å². The van der Waals surface area contributed by atoms with Crippen LogP contribution < -0.4 is 4.80 Å². The molecule has 122 valence electrons. The molecule has 0 fully saturated rings. The molecule has 0 atom stereocenters. The Bertz CT molecular complexity index is 1040. The minimum Gasteiger partial charge on any atom is -0.305 e. The van der Waals surface area contributed by atoms with Gasteiger partial charge in [-0.2, -0.15) is 10.1 Å². The van der Waals surface area contributed by atoms with E-state index in [0.29, 0.717) is 9.50 Å². The largest absolute Gasteiger partial charge is 0.305 e. The normalized spacial score (nSPS) is 11.8. The molecule has 0 aliphatic carbocycles. The van der Waals surface area contributed by atoms with Gasteiger partial charge in [0.1, 0.15) is 12.4 Å². The van der Waals surface area contributed by atoms with Crippen molar-refractivity contribution in [3.05, 3.63) is 46.3 Å². The number of rotatable bonds is 3. The summed E-state index contributed by atoms with van der Waals surface area (Å²) in [5.74, 6) is 1.87. The quantitative estimate of drug-likeness (QED) is 0.687. The number of hydrogen-bond acceptors (Lipinski definition) is 3. The molecule has 5 nitrogen and oxygen atoms in total. The molecule has 0 radical (unpaired) electrons. The maximum Gasteiger partial charge on any atom is 0.270 e. The zero-order valence-electron chi connectivity index (χ0n) is 13.3. The van der Waals surface area contributed by atoms with Crippen molar-refractivity contribution in [3.63, 3.8) is 0 Å². The number of halogens is 1. The molecule has 3 aromatic rings. The summed E-state index contributed by atoms with van der Waals surface area (Å²) in [4.78, 5) is 16.9. The number of carbonyl (C=O) groups excluding carboxylic acids is 1. The number of aryl methyl sites for hydroxylation is 2. The number of aromatic nitrogens is 3. The molecular formula is C17H15FN4OS. The summed E-state index contributed by atoms with van der Waals surface area (Å²) in [6.07, 6.45) is 5.41. The standard InChI is InChI=1S/C17H15FN4OS/c1-4-7-21-14-6-5-13(18)9-15(14)24-17(21)19-16(23)10-22-12(3)8-11(2)20-22/h1,5-6,8-9H,7,10H2,2-3H3. The minimum absolute atomic E-state index is 0.0539. The maximum absolute atomic E-state index is 13.4. The lowest BCUT2D eigenvalue weighted by Gasteiger charge is -2.01. The second-order valence-corrected chi connectivity index (χ2v) is 6.39. The molecule has 0 aliphatic heterocycles. The Morgan fingerprint density at radius 1 is 1.42 bits per heavy atom. The molecule has 1 aromatic carbocycles. The summed E-state index contributed by atoms with van der Waals surface area (Å²) in [6.45, 7) is 4.07. The van der Waals surface area contributed by atoms with Gasteiger partial charge in [-0.1, -0.05) is 17.3 Å². The zero-order valence-corrected chi connectivity index (χ0v) is 14.1. The van der Waals surface area contributed by atoms with E-state index in [0.717, 1.165) is 16.9 Å². The van der Waals surface area contributed by atoms with E-state index in [9.17, 15) is 9.18 Å². The number of fused-ring (bicyclic) bond motifs is 1. The first-order valence-corrected chi connectivity index (χ1v) is 8.10. The Kier molecular flexibility index (Phi) is 4.32. The van der Waals surface area contributed by atoms with Crippen molar-refractivity contribution in [2.75, 3.05) is 0 Å². The zero-order chi connectivity index (χ0) is 17.3. The van der Waals surface area contributed by atoms with Crippen LogP contribution in [0.15, 0.2) is 29.3 Å². The fraction of sp³-hybridized carbons (Fsp3) is 0.235. The predicted octanol–water partition coefficient (Wildman–Crippen LogP) is 2.42. The SMILES string of the molecule is C#CCn1c(=NC(=O)Cn2nc(C)cc2C)sc2cc(F)ccc21. The van der Waals surface area contributed by atoms with Crippen LogP contribution in [0.3, 0.4) is 0 Å². The lowest BCUT2D eigenvalue weighted by molar-refractivity contribution is -0.118. The van der Waals surface area contributed by atoms with Crippen LogP contribution in [-0.4, -0.2) is 20.3 Å². The predicted molar refractivity (Wildman–Crippen MR) is 90.9 cm³/mol. The smallest absolute Gasteiger partial charge is 0.270 e. The molecular weight excluding hydrogens is 327 g/mol. The average Bonchev–Trinajstić information content (AvgIpc) is 2.99. The molecule has 7 heteroatoms. The van der Waals surface area contributed by atoms with Gasteiger partial charge in [0.05, 0.1) is 22.5 Å². The number of benzene rings is 1. The molecule has 0 saturated carbocycles. The lowest BCUT2D eigenvalue weighted by Crippen LogP contribution is -2.19. The van der Waals surface area contributed by atoms with Crippen LogP contribution in [0.5, 0.6) is 0 Å². The number of amides is 1. The third kappa shape index (κ3) is 3.14. The summed E-state index contributed by atoms with van der Waals surface area (Å²) in [6, 6.07) is 6.32. The van der Waals surface area contributed by atoms with Crippen LogP contribution in [0.2, 0.25) is 0 Å². The molecule has 24 heavy (non-hydrogen) atoms. The minimum atomic E-state index is -0.336. The van der Waals surface area contributed by atoms with Crippen LogP contribution in [-0.2, 0) is 17.9 Å². The molecule has 0 spiro atoms. The molecule has 0 unspecified atom stereocenters. The number of carbonyl (C=O) groups is 1. The van der Waals surface area contributed by atoms with Crippen molar-refractivity contribution in [3.8, 4) is 12.3 Å². The van der Waals surface area contributed by atoms with Gasteiger partial charge in [0, 0.05) is 5.69 Å². The second-order valence-electron chi connectivity index (χ2n) is 5.38. The Balaban J connectivity index is 2.02. The number of terminal acetylenes is 1. The van der Waals surface area contributed by atoms with Gasteiger partial charge in [-0.05, 0) is 38.1 Å². The summed E-state index contributed by atoms with van der Waals surface area (Å²) < 4.78 is 17.5. The molecule has 2 heterocycles. The fourth-order valence-corrected chi connectivity index (χ4v) is 3.55. The van der Waals surface area contributed by atoms with Crippen LogP contribution in [0.25, 0.3) is 10.2 Å². The van der Waals surface area contributed by atoms with Crippen LogP contribution in [0, 0.1) is 32.0 Å². The van der Waals surface area contributed by atoms with E-state index in [1.165, 1.54) is 23.5 Å². The Morgan fingerprint density at radius 2 is 2.21 bits per heavy atom. The van der Waals surface area contributed by atoms with Crippen LogP contribution in [0.1, 0.15) is 11.4 Å². The van der Waals surface area contributed by atoms with Gasteiger partial charge in [-0.25, -0.2) is 4.39 Å².